The minimum atomic E-state index is -0.416. The molecule has 1 aliphatic rings. The van der Waals surface area contributed by atoms with E-state index in [0.29, 0.717) is 23.4 Å². The standard InChI is InChI=1S/C25H33BO3.C25H26N4O.C7H6BrN3/c1-17-19(16-22(27)18-12-14-20(15-13-18)23(2,3)4)10-9-11-21(17)26-28-24(5,6)25(7,8)29-26;1-16-20(18-14-21(26)23-27-12-13-29(23)15-18)6-5-7-22(16)28-24(30)17-8-10-19(11-9-17)25(2,3)4;8-5-3-6(9)7-10-1-2-11(7)4-5/h9-15H,16H2,1-8H3;5-15H,26H2,1-4H3,(H,28,30);1-4H,9H2. The molecular weight excluding hydrogens is 937 g/mol. The van der Waals surface area contributed by atoms with Crippen LogP contribution in [0.1, 0.15) is 118 Å². The molecule has 0 bridgehead atoms. The van der Waals surface area contributed by atoms with Gasteiger partial charge in [0, 0.05) is 70.5 Å². The molecule has 0 atom stereocenters. The first-order valence-electron chi connectivity index (χ1n) is 23.5. The summed E-state index contributed by atoms with van der Waals surface area (Å²) in [6, 6.07) is 31.5. The zero-order valence-corrected chi connectivity index (χ0v) is 44.0. The molecule has 1 fully saturated rings. The van der Waals surface area contributed by atoms with Crippen molar-refractivity contribution in [1.29, 1.82) is 0 Å². The van der Waals surface area contributed by atoms with E-state index in [1.807, 2.05) is 132 Å². The van der Waals surface area contributed by atoms with Crippen LogP contribution in [0, 0.1) is 13.8 Å². The molecule has 0 radical (unpaired) electrons. The number of hydrogen-bond acceptors (Lipinski definition) is 8. The van der Waals surface area contributed by atoms with Gasteiger partial charge in [0.25, 0.3) is 5.91 Å². The van der Waals surface area contributed by atoms with Gasteiger partial charge in [-0.15, -0.1) is 0 Å². The number of carbonyl (C=O) groups is 2. The van der Waals surface area contributed by atoms with Gasteiger partial charge in [0.05, 0.1) is 22.6 Å². The van der Waals surface area contributed by atoms with E-state index in [4.69, 9.17) is 20.8 Å². The number of rotatable bonds is 7. The molecule has 1 saturated heterocycles. The second kappa shape index (κ2) is 20.1. The third kappa shape index (κ3) is 11.4. The van der Waals surface area contributed by atoms with Gasteiger partial charge >= 0.3 is 7.12 Å². The lowest BCUT2D eigenvalue weighted by Crippen LogP contribution is -2.41. The van der Waals surface area contributed by atoms with Crippen molar-refractivity contribution in [3.05, 3.63) is 178 Å². The number of benzene rings is 4. The summed E-state index contributed by atoms with van der Waals surface area (Å²) in [7, 11) is -0.416. The molecule has 70 heavy (non-hydrogen) atoms. The Kier molecular flexibility index (Phi) is 14.7. The number of nitrogens with zero attached hydrogens (tertiary/aromatic N) is 4. The summed E-state index contributed by atoms with van der Waals surface area (Å²) in [5.74, 6) is -0.0000812. The maximum absolute atomic E-state index is 12.9. The van der Waals surface area contributed by atoms with Crippen molar-refractivity contribution in [1.82, 2.24) is 18.8 Å². The van der Waals surface area contributed by atoms with Crippen LogP contribution in [0.5, 0.6) is 0 Å². The van der Waals surface area contributed by atoms with E-state index in [2.05, 4.69) is 113 Å². The first-order chi connectivity index (χ1) is 32.8. The molecule has 1 aliphatic heterocycles. The number of hydrogen-bond donors (Lipinski definition) is 3. The number of imidazole rings is 2. The number of amides is 1. The zero-order valence-electron chi connectivity index (χ0n) is 42.4. The largest absolute Gasteiger partial charge is 0.495 e. The Morgan fingerprint density at radius 1 is 0.686 bits per heavy atom. The molecule has 8 aromatic rings. The first-order valence-corrected chi connectivity index (χ1v) is 24.3. The number of carbonyl (C=O) groups excluding carboxylic acids is 2. The van der Waals surface area contributed by atoms with Gasteiger partial charge in [0.1, 0.15) is 0 Å². The Bertz CT molecular complexity index is 3160. The molecular formula is C57H65BBrN7O4. The van der Waals surface area contributed by atoms with Gasteiger partial charge < -0.3 is 34.9 Å². The lowest BCUT2D eigenvalue weighted by atomic mass is 9.74. The van der Waals surface area contributed by atoms with E-state index in [1.165, 1.54) is 11.1 Å². The van der Waals surface area contributed by atoms with E-state index in [0.717, 1.165) is 60.3 Å². The SMILES string of the molecule is Cc1c(CC(=O)c2ccc(C(C)(C)C)cc2)cccc1B1OC(C)(C)C(C)(C)O1.Cc1c(NC(=O)c2ccc(C(C)(C)C)cc2)cccc1-c1cc(N)c2nccn2c1.Nc1cc(Br)cn2ccnc12. The number of halogens is 1. The Morgan fingerprint density at radius 3 is 1.76 bits per heavy atom. The van der Waals surface area contributed by atoms with Crippen LogP contribution in [0.25, 0.3) is 22.4 Å². The second-order valence-corrected chi connectivity index (χ2v) is 21.9. The molecule has 0 saturated carbocycles. The first kappa shape index (κ1) is 51.3. The Balaban J connectivity index is 0.000000170. The summed E-state index contributed by atoms with van der Waals surface area (Å²) in [4.78, 5) is 34.1. The normalized spacial score (nSPS) is 14.2. The lowest BCUT2D eigenvalue weighted by Gasteiger charge is -2.32. The molecule has 1 amide bonds. The number of anilines is 3. The van der Waals surface area contributed by atoms with E-state index >= 15 is 0 Å². The van der Waals surface area contributed by atoms with Crippen molar-refractivity contribution in [3.63, 3.8) is 0 Å². The zero-order chi connectivity index (χ0) is 50.9. The van der Waals surface area contributed by atoms with Crippen LogP contribution in [0.15, 0.2) is 139 Å². The average molecular weight is 1000 g/mol. The number of ketones is 1. The highest BCUT2D eigenvalue weighted by atomic mass is 79.9. The topological polar surface area (TPSA) is 151 Å². The number of aromatic nitrogens is 4. The molecule has 4 aromatic heterocycles. The maximum atomic E-state index is 12.9. The van der Waals surface area contributed by atoms with Gasteiger partial charge in [-0.1, -0.05) is 108 Å². The Labute approximate surface area is 421 Å². The molecule has 5 heterocycles. The third-order valence-electron chi connectivity index (χ3n) is 13.3. The Morgan fingerprint density at radius 2 is 1.20 bits per heavy atom. The summed E-state index contributed by atoms with van der Waals surface area (Å²) >= 11 is 3.34. The van der Waals surface area contributed by atoms with Crippen molar-refractivity contribution in [3.8, 4) is 11.1 Å². The van der Waals surface area contributed by atoms with Gasteiger partial charge in [-0.3, -0.25) is 9.59 Å². The molecule has 0 aliphatic carbocycles. The number of fused-ring (bicyclic) bond motifs is 2. The minimum Gasteiger partial charge on any atom is -0.399 e. The van der Waals surface area contributed by atoms with Gasteiger partial charge in [0.15, 0.2) is 17.1 Å². The van der Waals surface area contributed by atoms with E-state index in [-0.39, 0.29) is 33.7 Å². The maximum Gasteiger partial charge on any atom is 0.495 e. The summed E-state index contributed by atoms with van der Waals surface area (Å²) in [6.45, 7) is 25.3. The molecule has 5 N–H and O–H groups in total. The number of pyridine rings is 2. The fourth-order valence-corrected chi connectivity index (χ4v) is 8.65. The van der Waals surface area contributed by atoms with Gasteiger partial charge in [0.2, 0.25) is 0 Å². The van der Waals surface area contributed by atoms with Crippen LogP contribution in [0.4, 0.5) is 17.1 Å². The predicted octanol–water partition coefficient (Wildman–Crippen LogP) is 12.1. The molecule has 11 nitrogen and oxygen atoms in total. The molecule has 0 unspecified atom stereocenters. The van der Waals surface area contributed by atoms with Gasteiger partial charge in [-0.2, -0.15) is 0 Å². The number of Topliss-reactive ketones (excluding diaryl/α,β-unsaturated/α-hetero) is 1. The van der Waals surface area contributed by atoms with Crippen LogP contribution in [-0.4, -0.2) is 48.8 Å². The molecule has 0 spiro atoms. The highest BCUT2D eigenvalue weighted by molar-refractivity contribution is 9.10. The van der Waals surface area contributed by atoms with Crippen LogP contribution >= 0.6 is 15.9 Å². The highest BCUT2D eigenvalue weighted by Crippen LogP contribution is 2.37. The van der Waals surface area contributed by atoms with Crippen molar-refractivity contribution >= 4 is 68.6 Å². The van der Waals surface area contributed by atoms with Crippen molar-refractivity contribution in [2.75, 3.05) is 16.8 Å². The quantitative estimate of drug-likeness (QED) is 0.105. The van der Waals surface area contributed by atoms with Gasteiger partial charge in [-0.05, 0) is 137 Å². The molecule has 362 valence electrons. The number of nitrogens with two attached hydrogens (primary N) is 2. The van der Waals surface area contributed by atoms with Crippen LogP contribution in [0.3, 0.4) is 0 Å². The molecule has 9 rings (SSSR count). The van der Waals surface area contributed by atoms with Crippen molar-refractivity contribution < 1.29 is 18.9 Å². The fraction of sp³-hybridized carbons (Fsp3) is 0.298. The summed E-state index contributed by atoms with van der Waals surface area (Å²) < 4.78 is 17.2. The number of nitrogens with one attached hydrogen (secondary N) is 1. The molecule has 4 aromatic carbocycles. The fourth-order valence-electron chi connectivity index (χ4n) is 8.18. The third-order valence-corrected chi connectivity index (χ3v) is 13.8. The molecule has 13 heteroatoms. The highest BCUT2D eigenvalue weighted by Gasteiger charge is 2.52. The average Bonchev–Trinajstić information content (AvgIpc) is 4.03. The minimum absolute atomic E-state index is 0.0537. The van der Waals surface area contributed by atoms with E-state index in [9.17, 15) is 9.59 Å². The van der Waals surface area contributed by atoms with Crippen LogP contribution < -0.4 is 22.2 Å². The van der Waals surface area contributed by atoms with E-state index < -0.39 is 7.12 Å². The summed E-state index contributed by atoms with van der Waals surface area (Å²) in [6.07, 6.45) is 11.5. The lowest BCUT2D eigenvalue weighted by molar-refractivity contribution is 0.00578. The van der Waals surface area contributed by atoms with Crippen LogP contribution in [-0.2, 0) is 26.6 Å². The van der Waals surface area contributed by atoms with Gasteiger partial charge in [-0.25, -0.2) is 9.97 Å². The van der Waals surface area contributed by atoms with Crippen molar-refractivity contribution in [2.24, 2.45) is 0 Å². The van der Waals surface area contributed by atoms with Crippen LogP contribution in [0.2, 0.25) is 0 Å². The summed E-state index contributed by atoms with van der Waals surface area (Å²) in [5.41, 5.74) is 24.7. The monoisotopic (exact) mass is 1000 g/mol. The smallest absolute Gasteiger partial charge is 0.399 e. The Hall–Kier alpha value is -6.54. The predicted molar refractivity (Wildman–Crippen MR) is 290 cm³/mol. The number of nitrogen functional groups attached to an aromatic ring is 2. The summed E-state index contributed by atoms with van der Waals surface area (Å²) in [5, 5.41) is 3.05. The second-order valence-electron chi connectivity index (χ2n) is 21.0. The van der Waals surface area contributed by atoms with E-state index in [1.54, 1.807) is 12.4 Å². The van der Waals surface area contributed by atoms with Crippen molar-refractivity contribution in [2.45, 2.75) is 112 Å².